The lowest BCUT2D eigenvalue weighted by molar-refractivity contribution is -0.148. The number of hydrogen-bond donors (Lipinski definition) is 1. The van der Waals surface area contributed by atoms with Gasteiger partial charge in [0.15, 0.2) is 6.10 Å². The first-order chi connectivity index (χ1) is 11.6. The summed E-state index contributed by atoms with van der Waals surface area (Å²) in [7, 11) is 1.36. The third-order valence-corrected chi connectivity index (χ3v) is 3.30. The van der Waals surface area contributed by atoms with Gasteiger partial charge in [0.2, 0.25) is 0 Å². The first kappa shape index (κ1) is 17.7. The molecule has 0 aliphatic rings. The molecule has 0 bridgehead atoms. The summed E-state index contributed by atoms with van der Waals surface area (Å²) in [4.78, 5) is 11.0. The van der Waals surface area contributed by atoms with Gasteiger partial charge in [0.1, 0.15) is 30.5 Å². The van der Waals surface area contributed by atoms with E-state index in [2.05, 4.69) is 0 Å². The van der Waals surface area contributed by atoms with E-state index in [1.165, 1.54) is 19.2 Å². The van der Waals surface area contributed by atoms with E-state index in [0.29, 0.717) is 11.5 Å². The van der Waals surface area contributed by atoms with Gasteiger partial charge in [-0.25, -0.2) is 9.18 Å². The molecule has 1 atom stereocenters. The maximum Gasteiger partial charge on any atom is 0.333 e. The average molecular weight is 334 g/mol. The van der Waals surface area contributed by atoms with Crippen molar-refractivity contribution in [1.29, 1.82) is 0 Å². The number of carbonyl (C=O) groups is 1. The van der Waals surface area contributed by atoms with Crippen LogP contribution in [0.3, 0.4) is 0 Å². The molecule has 0 radical (unpaired) electrons. The summed E-state index contributed by atoms with van der Waals surface area (Å²) < 4.78 is 28.9. The zero-order chi connectivity index (χ0) is 17.4. The van der Waals surface area contributed by atoms with E-state index in [1.54, 1.807) is 30.3 Å². The molecule has 24 heavy (non-hydrogen) atoms. The number of aliphatic carboxylic acids is 1. The van der Waals surface area contributed by atoms with E-state index in [9.17, 15) is 9.18 Å². The van der Waals surface area contributed by atoms with E-state index in [1.807, 2.05) is 6.07 Å². The van der Waals surface area contributed by atoms with E-state index in [-0.39, 0.29) is 25.5 Å². The molecule has 1 N–H and O–H groups in total. The second-order valence-electron chi connectivity index (χ2n) is 5.07. The van der Waals surface area contributed by atoms with Gasteiger partial charge < -0.3 is 19.3 Å². The van der Waals surface area contributed by atoms with Crippen molar-refractivity contribution in [2.75, 3.05) is 20.3 Å². The van der Waals surface area contributed by atoms with Crippen molar-refractivity contribution in [3.8, 4) is 11.5 Å². The van der Waals surface area contributed by atoms with Crippen LogP contribution in [0.15, 0.2) is 48.5 Å². The normalized spacial score (nSPS) is 11.8. The van der Waals surface area contributed by atoms with Crippen molar-refractivity contribution in [3.05, 3.63) is 59.9 Å². The molecule has 0 aliphatic heterocycles. The Labute approximate surface area is 139 Å². The summed E-state index contributed by atoms with van der Waals surface area (Å²) in [5.74, 6) is -0.313. The van der Waals surface area contributed by atoms with Gasteiger partial charge in [-0.15, -0.1) is 0 Å². The van der Waals surface area contributed by atoms with Crippen molar-refractivity contribution < 1.29 is 28.5 Å². The molecule has 1 unspecified atom stereocenters. The minimum absolute atomic E-state index is 0.253. The van der Waals surface area contributed by atoms with Crippen molar-refractivity contribution >= 4 is 5.97 Å². The fraction of sp³-hybridized carbons (Fsp3) is 0.278. The van der Waals surface area contributed by atoms with Crippen molar-refractivity contribution in [2.45, 2.75) is 12.5 Å². The topological polar surface area (TPSA) is 65.0 Å². The molecule has 5 nitrogen and oxygen atoms in total. The predicted molar refractivity (Wildman–Crippen MR) is 86.0 cm³/mol. The monoisotopic (exact) mass is 334 g/mol. The molecule has 0 saturated heterocycles. The summed E-state index contributed by atoms with van der Waals surface area (Å²) in [5, 5.41) is 9.01. The summed E-state index contributed by atoms with van der Waals surface area (Å²) in [5.41, 5.74) is 0.799. The molecule has 0 aromatic heterocycles. The molecule has 0 spiro atoms. The molecule has 0 fully saturated rings. The fourth-order valence-corrected chi connectivity index (χ4v) is 2.12. The first-order valence-corrected chi connectivity index (χ1v) is 7.44. The van der Waals surface area contributed by atoms with Crippen LogP contribution in [-0.2, 0) is 16.0 Å². The molecule has 2 aromatic carbocycles. The van der Waals surface area contributed by atoms with Gasteiger partial charge in [0, 0.05) is 19.6 Å². The summed E-state index contributed by atoms with van der Waals surface area (Å²) in [6.07, 6.45) is -0.639. The Balaban J connectivity index is 1.82. The van der Waals surface area contributed by atoms with Gasteiger partial charge in [-0.1, -0.05) is 18.2 Å². The highest BCUT2D eigenvalue weighted by molar-refractivity contribution is 5.72. The highest BCUT2D eigenvalue weighted by atomic mass is 19.1. The Morgan fingerprint density at radius 3 is 2.29 bits per heavy atom. The van der Waals surface area contributed by atoms with Crippen LogP contribution in [0.25, 0.3) is 0 Å². The van der Waals surface area contributed by atoms with Crippen LogP contribution in [0.4, 0.5) is 4.39 Å². The average Bonchev–Trinajstić information content (AvgIpc) is 2.57. The van der Waals surface area contributed by atoms with E-state index in [0.717, 1.165) is 5.56 Å². The summed E-state index contributed by atoms with van der Waals surface area (Å²) in [6, 6.07) is 13.0. The molecule has 6 heteroatoms. The van der Waals surface area contributed by atoms with Gasteiger partial charge in [0.25, 0.3) is 0 Å². The number of methoxy groups -OCH3 is 1. The molecule has 0 amide bonds. The van der Waals surface area contributed by atoms with Crippen LogP contribution >= 0.6 is 0 Å². The second-order valence-corrected chi connectivity index (χ2v) is 5.07. The van der Waals surface area contributed by atoms with Crippen molar-refractivity contribution in [2.24, 2.45) is 0 Å². The number of benzene rings is 2. The van der Waals surface area contributed by atoms with Crippen LogP contribution in [0.1, 0.15) is 5.56 Å². The smallest absolute Gasteiger partial charge is 0.333 e. The van der Waals surface area contributed by atoms with Crippen LogP contribution < -0.4 is 9.47 Å². The first-order valence-electron chi connectivity index (χ1n) is 7.44. The van der Waals surface area contributed by atoms with Crippen LogP contribution in [0.5, 0.6) is 11.5 Å². The fourth-order valence-electron chi connectivity index (χ4n) is 2.12. The highest BCUT2D eigenvalue weighted by Gasteiger charge is 2.16. The number of halogens is 1. The Morgan fingerprint density at radius 1 is 1.08 bits per heavy atom. The number of rotatable bonds is 9. The highest BCUT2D eigenvalue weighted by Crippen LogP contribution is 2.16. The zero-order valence-corrected chi connectivity index (χ0v) is 13.3. The third-order valence-electron chi connectivity index (χ3n) is 3.30. The standard InChI is InChI=1S/C18H19FO5/c1-22-17(18(20)21)11-13-4-2-6-15(10-13)23-8-9-24-16-7-3-5-14(19)12-16/h2-7,10,12,17H,8-9,11H2,1H3,(H,20,21). The Kier molecular flexibility index (Phi) is 6.57. The molecular weight excluding hydrogens is 315 g/mol. The summed E-state index contributed by atoms with van der Waals surface area (Å²) >= 11 is 0. The molecule has 0 heterocycles. The number of ether oxygens (including phenoxy) is 3. The second kappa shape index (κ2) is 8.88. The number of carboxylic acid groups (broad SMARTS) is 1. The zero-order valence-electron chi connectivity index (χ0n) is 13.3. The summed E-state index contributed by atoms with van der Waals surface area (Å²) in [6.45, 7) is 0.552. The van der Waals surface area contributed by atoms with Gasteiger partial charge in [-0.3, -0.25) is 0 Å². The SMILES string of the molecule is COC(Cc1cccc(OCCOc2cccc(F)c2)c1)C(=O)O. The van der Waals surface area contributed by atoms with Gasteiger partial charge in [0.05, 0.1) is 0 Å². The van der Waals surface area contributed by atoms with Gasteiger partial charge in [-0.05, 0) is 29.8 Å². The third kappa shape index (κ3) is 5.55. The Morgan fingerprint density at radius 2 is 1.71 bits per heavy atom. The minimum Gasteiger partial charge on any atom is -0.490 e. The lowest BCUT2D eigenvalue weighted by Crippen LogP contribution is -2.24. The molecule has 2 rings (SSSR count). The van der Waals surface area contributed by atoms with E-state index in [4.69, 9.17) is 19.3 Å². The molecular formula is C18H19FO5. The number of carboxylic acids is 1. The quantitative estimate of drug-likeness (QED) is 0.714. The van der Waals surface area contributed by atoms with Crippen LogP contribution in [-0.4, -0.2) is 37.5 Å². The molecule has 2 aromatic rings. The van der Waals surface area contributed by atoms with E-state index < -0.39 is 12.1 Å². The van der Waals surface area contributed by atoms with Crippen molar-refractivity contribution in [3.63, 3.8) is 0 Å². The maximum absolute atomic E-state index is 13.0. The largest absolute Gasteiger partial charge is 0.490 e. The Bertz CT molecular complexity index is 674. The predicted octanol–water partition coefficient (Wildman–Crippen LogP) is 2.93. The van der Waals surface area contributed by atoms with Crippen LogP contribution in [0, 0.1) is 5.82 Å². The lowest BCUT2D eigenvalue weighted by Gasteiger charge is -2.12. The minimum atomic E-state index is -1.01. The molecule has 0 saturated carbocycles. The van der Waals surface area contributed by atoms with E-state index >= 15 is 0 Å². The maximum atomic E-state index is 13.0. The molecule has 0 aliphatic carbocycles. The van der Waals surface area contributed by atoms with Crippen molar-refractivity contribution in [1.82, 2.24) is 0 Å². The molecule has 128 valence electrons. The van der Waals surface area contributed by atoms with Gasteiger partial charge in [-0.2, -0.15) is 0 Å². The van der Waals surface area contributed by atoms with Crippen LogP contribution in [0.2, 0.25) is 0 Å². The van der Waals surface area contributed by atoms with Gasteiger partial charge >= 0.3 is 5.97 Å². The Hall–Kier alpha value is -2.60. The lowest BCUT2D eigenvalue weighted by atomic mass is 10.1. The number of hydrogen-bond acceptors (Lipinski definition) is 4.